The molecule has 0 bridgehead atoms. The molecule has 2 nitrogen and oxygen atoms in total. The van der Waals surface area contributed by atoms with E-state index in [1.165, 1.54) is 0 Å². The molecule has 0 aromatic heterocycles. The van der Waals surface area contributed by atoms with Crippen LogP contribution in [-0.2, 0) is 4.79 Å². The molecule has 0 aromatic rings. The van der Waals surface area contributed by atoms with Crippen LogP contribution in [0.25, 0.3) is 0 Å². The first-order valence-electron chi connectivity index (χ1n) is 0.908. The molecule has 9 heavy (non-hydrogen) atoms. The van der Waals surface area contributed by atoms with Crippen molar-refractivity contribution in [3.05, 3.63) is 0 Å². The molecule has 0 aliphatic carbocycles. The number of rotatable bonds is 0. The summed E-state index contributed by atoms with van der Waals surface area (Å²) >= 11 is 0. The SMILES string of the molecule is CC(=O)[O-].[Cl-].[Cl-].[K+].[Mg+2].[Na+]. The topological polar surface area (TPSA) is 40.1 Å². The van der Waals surface area contributed by atoms with Gasteiger partial charge < -0.3 is 34.7 Å². The van der Waals surface area contributed by atoms with Crippen molar-refractivity contribution >= 4 is 29.0 Å². The number of carboxylic acids is 1. The number of carbonyl (C=O) groups excluding carboxylic acids is 1. The number of hydrogen-bond donors (Lipinski definition) is 0. The Balaban J connectivity index is -0.00000000450. The van der Waals surface area contributed by atoms with Gasteiger partial charge >= 0.3 is 104 Å². The van der Waals surface area contributed by atoms with Crippen molar-refractivity contribution in [2.24, 2.45) is 0 Å². The largest absolute Gasteiger partial charge is 2.00 e. The van der Waals surface area contributed by atoms with Crippen LogP contribution < -0.4 is 111 Å². The van der Waals surface area contributed by atoms with Crippen LogP contribution in [-0.4, -0.2) is 29.0 Å². The predicted octanol–water partition coefficient (Wildman–Crippen LogP) is -13.6. The van der Waals surface area contributed by atoms with Crippen molar-refractivity contribution in [3.8, 4) is 0 Å². The van der Waals surface area contributed by atoms with Crippen molar-refractivity contribution in [2.45, 2.75) is 6.92 Å². The van der Waals surface area contributed by atoms with Gasteiger partial charge in [-0.25, -0.2) is 0 Å². The molecular formula is C2H3Cl2KMgNaO2+. The summed E-state index contributed by atoms with van der Waals surface area (Å²) in [5.74, 6) is -1.08. The van der Waals surface area contributed by atoms with E-state index >= 15 is 0 Å². The van der Waals surface area contributed by atoms with Gasteiger partial charge in [-0.2, -0.15) is 0 Å². The van der Waals surface area contributed by atoms with Crippen molar-refractivity contribution < 1.29 is 116 Å². The normalized spacial score (nSPS) is 2.78. The van der Waals surface area contributed by atoms with Crippen LogP contribution in [0, 0.1) is 0 Å². The van der Waals surface area contributed by atoms with Gasteiger partial charge in [0.25, 0.3) is 0 Å². The molecule has 0 radical (unpaired) electrons. The summed E-state index contributed by atoms with van der Waals surface area (Å²) in [6.07, 6.45) is 0. The average molecular weight is 216 g/mol. The second kappa shape index (κ2) is 30.1. The van der Waals surface area contributed by atoms with E-state index in [1.54, 1.807) is 0 Å². The van der Waals surface area contributed by atoms with Crippen LogP contribution in [0.4, 0.5) is 0 Å². The van der Waals surface area contributed by atoms with Gasteiger partial charge in [-0.1, -0.05) is 0 Å². The third kappa shape index (κ3) is 85.8. The van der Waals surface area contributed by atoms with Crippen molar-refractivity contribution in [3.63, 3.8) is 0 Å². The van der Waals surface area contributed by atoms with Gasteiger partial charge in [-0.05, 0) is 6.92 Å². The number of halogens is 2. The van der Waals surface area contributed by atoms with Crippen LogP contribution in [0.1, 0.15) is 6.92 Å². The van der Waals surface area contributed by atoms with E-state index in [0.717, 1.165) is 6.92 Å². The molecule has 7 heteroatoms. The Morgan fingerprint density at radius 3 is 1.33 bits per heavy atom. The van der Waals surface area contributed by atoms with Crippen LogP contribution in [0.15, 0.2) is 0 Å². The third-order valence-corrected chi connectivity index (χ3v) is 0. The molecule has 0 amide bonds. The van der Waals surface area contributed by atoms with Gasteiger partial charge in [0.2, 0.25) is 0 Å². The molecule has 0 rings (SSSR count). The second-order valence-electron chi connectivity index (χ2n) is 0.492. The van der Waals surface area contributed by atoms with E-state index in [9.17, 15) is 0 Å². The Kier molecular flexibility index (Phi) is 131. The summed E-state index contributed by atoms with van der Waals surface area (Å²) in [6.45, 7) is 0.972. The van der Waals surface area contributed by atoms with Gasteiger partial charge in [0.05, 0.1) is 0 Å². The van der Waals surface area contributed by atoms with Crippen LogP contribution in [0.2, 0.25) is 0 Å². The second-order valence-corrected chi connectivity index (χ2v) is 0.492. The Hall–Kier alpha value is 3.45. The standard InChI is InChI=1S/C2H4O2.2ClH.K.Mg.Na/c1-2(3)4;;;;;/h1H3,(H,3,4);2*1H;;;/q;;;+1;+2;+1/p-3. The molecule has 0 fully saturated rings. The van der Waals surface area contributed by atoms with E-state index in [0.29, 0.717) is 0 Å². The first-order valence-corrected chi connectivity index (χ1v) is 0.908. The number of carbonyl (C=O) groups is 1. The van der Waals surface area contributed by atoms with Gasteiger partial charge in [0.15, 0.2) is 0 Å². The maximum Gasteiger partial charge on any atom is 2.00 e. The van der Waals surface area contributed by atoms with Crippen molar-refractivity contribution in [1.29, 1.82) is 0 Å². The van der Waals surface area contributed by atoms with Crippen molar-refractivity contribution in [1.82, 2.24) is 0 Å². The monoisotopic (exact) mass is 215 g/mol. The fourth-order valence-electron chi connectivity index (χ4n) is 0. The first kappa shape index (κ1) is 39.2. The fraction of sp³-hybridized carbons (Fsp3) is 0.500. The van der Waals surface area contributed by atoms with E-state index in [4.69, 9.17) is 9.90 Å². The number of aliphatic carboxylic acids is 1. The Morgan fingerprint density at radius 1 is 1.33 bits per heavy atom. The number of hydrogen-bond acceptors (Lipinski definition) is 2. The molecule has 0 saturated heterocycles. The zero-order valence-corrected chi connectivity index (χ0v) is 13.8. The summed E-state index contributed by atoms with van der Waals surface area (Å²) in [7, 11) is 0. The molecule has 0 spiro atoms. The predicted molar refractivity (Wildman–Crippen MR) is 16.4 cm³/mol. The third-order valence-electron chi connectivity index (χ3n) is 0. The molecule has 0 aliphatic heterocycles. The Labute approximate surface area is 148 Å². The number of carboxylic acid groups (broad SMARTS) is 1. The van der Waals surface area contributed by atoms with Crippen LogP contribution in [0.5, 0.6) is 0 Å². The molecule has 0 saturated carbocycles. The average Bonchev–Trinajstić information content (AvgIpc) is 0.811. The Morgan fingerprint density at radius 2 is 1.33 bits per heavy atom. The van der Waals surface area contributed by atoms with Gasteiger partial charge in [-0.3, -0.25) is 0 Å². The first-order chi connectivity index (χ1) is 1.73. The van der Waals surface area contributed by atoms with Gasteiger partial charge in [0.1, 0.15) is 0 Å². The molecular weight excluding hydrogens is 213 g/mol. The van der Waals surface area contributed by atoms with Gasteiger partial charge in [0, 0.05) is 5.97 Å². The van der Waals surface area contributed by atoms with E-state index < -0.39 is 5.97 Å². The zero-order valence-electron chi connectivity index (χ0n) is 5.78. The molecule has 0 N–H and O–H groups in total. The molecule has 0 unspecified atom stereocenters. The minimum atomic E-state index is -1.08. The maximum atomic E-state index is 8.89. The summed E-state index contributed by atoms with van der Waals surface area (Å²) < 4.78 is 0. The van der Waals surface area contributed by atoms with E-state index in [2.05, 4.69) is 0 Å². The molecule has 0 heterocycles. The smallest absolute Gasteiger partial charge is 1.00 e. The molecule has 0 aliphatic rings. The van der Waals surface area contributed by atoms with Crippen LogP contribution >= 0.6 is 0 Å². The Bertz CT molecular complexity index is 45.5. The van der Waals surface area contributed by atoms with E-state index in [-0.39, 0.29) is 129 Å². The fourth-order valence-corrected chi connectivity index (χ4v) is 0. The summed E-state index contributed by atoms with van der Waals surface area (Å²) in [5.41, 5.74) is 0. The zero-order chi connectivity index (χ0) is 3.58. The minimum absolute atomic E-state index is 0. The van der Waals surface area contributed by atoms with Crippen LogP contribution in [0.3, 0.4) is 0 Å². The molecule has 40 valence electrons. The summed E-state index contributed by atoms with van der Waals surface area (Å²) in [6, 6.07) is 0. The van der Waals surface area contributed by atoms with Crippen molar-refractivity contribution in [2.75, 3.05) is 0 Å². The molecule has 0 aromatic carbocycles. The summed E-state index contributed by atoms with van der Waals surface area (Å²) in [5, 5.41) is 8.89. The minimum Gasteiger partial charge on any atom is -1.00 e. The quantitative estimate of drug-likeness (QED) is 0.377. The van der Waals surface area contributed by atoms with E-state index in [1.807, 2.05) is 0 Å². The molecule has 0 atom stereocenters. The maximum absolute atomic E-state index is 8.89. The van der Waals surface area contributed by atoms with Gasteiger partial charge in [-0.15, -0.1) is 0 Å². The summed E-state index contributed by atoms with van der Waals surface area (Å²) in [4.78, 5) is 8.89.